The number of carboxylic acids is 1. The van der Waals surface area contributed by atoms with Crippen molar-refractivity contribution in [3.63, 3.8) is 0 Å². The average molecular weight is 1440 g/mol. The van der Waals surface area contributed by atoms with E-state index in [1.54, 1.807) is 0 Å². The number of hydrogen-bond acceptors (Lipinski definition) is 16. The number of aromatic amines is 2. The molecule has 0 spiro atoms. The molecule has 4 heterocycles. The Kier molecular flexibility index (Phi) is 27.7. The number of benzene rings is 3. The van der Waals surface area contributed by atoms with Crippen LogP contribution in [-0.4, -0.2) is 187 Å². The molecule has 4 aliphatic rings. The number of rotatable bonds is 15. The molecule has 12 atom stereocenters. The summed E-state index contributed by atoms with van der Waals surface area (Å²) in [5.41, 5.74) is 15.2. The number of carbonyl (C=O) groups is 11. The van der Waals surface area contributed by atoms with Gasteiger partial charge in [0.05, 0.1) is 31.3 Å². The minimum absolute atomic E-state index is 0.0327. The quantitative estimate of drug-likeness (QED) is 0.0661. The van der Waals surface area contributed by atoms with Crippen molar-refractivity contribution < 1.29 is 71.7 Å². The molecule has 9 amide bonds. The molecule has 544 valence electrons. The number of ketones is 1. The average Bonchev–Trinajstić information content (AvgIpc) is 1.75. The van der Waals surface area contributed by atoms with Crippen molar-refractivity contribution in [1.29, 1.82) is 0 Å². The van der Waals surface area contributed by atoms with E-state index < -0.39 is 138 Å². The number of carboxylic acid groups (broad SMARTS) is 1. The van der Waals surface area contributed by atoms with Gasteiger partial charge in [0.15, 0.2) is 5.78 Å². The Hall–Kier alpha value is -8.90. The van der Waals surface area contributed by atoms with Crippen LogP contribution >= 0.6 is 23.5 Å². The van der Waals surface area contributed by atoms with Gasteiger partial charge in [0.25, 0.3) is 0 Å². The Morgan fingerprint density at radius 2 is 1.47 bits per heavy atom. The number of nitrogens with one attached hydrogen (secondary N) is 8. The van der Waals surface area contributed by atoms with Crippen molar-refractivity contribution in [1.82, 2.24) is 56.7 Å². The smallest absolute Gasteiger partial charge is 0.305 e. The number of Topliss-reactive ketones (excluding diaryl/α,β-unsaturated/α-hetero) is 1. The molecule has 2 saturated carbocycles. The normalized spacial score (nSPS) is 26.5. The largest absolute Gasteiger partial charge is 0.508 e. The van der Waals surface area contributed by atoms with Crippen molar-refractivity contribution in [3.8, 4) is 5.75 Å². The Morgan fingerprint density at radius 3 is 2.20 bits per heavy atom. The van der Waals surface area contributed by atoms with Crippen LogP contribution in [0.2, 0.25) is 0 Å². The fourth-order valence-corrected chi connectivity index (χ4v) is 16.3. The number of unbranched alkanes of at least 4 members (excludes halogenated alkanes) is 1. The molecular weight excluding hydrogens is 1340 g/mol. The summed E-state index contributed by atoms with van der Waals surface area (Å²) >= 11 is 2.88. The number of H-pyrrole nitrogens is 2. The fourth-order valence-electron chi connectivity index (χ4n) is 14.3. The van der Waals surface area contributed by atoms with Gasteiger partial charge < -0.3 is 73.3 Å². The van der Waals surface area contributed by atoms with Crippen LogP contribution < -0.4 is 43.4 Å². The number of likely N-dealkylation sites (N-methyl/N-ethyl adjacent to an activating group) is 1. The van der Waals surface area contributed by atoms with E-state index in [0.717, 1.165) is 16.0 Å². The number of imidazole rings is 1. The highest BCUT2D eigenvalue weighted by Crippen LogP contribution is 2.48. The number of aliphatic carboxylic acids is 1. The molecule has 1 saturated heterocycles. The molecule has 0 radical (unpaired) electrons. The summed E-state index contributed by atoms with van der Waals surface area (Å²) < 4.78 is 30.2. The Bertz CT molecular complexity index is 3750. The minimum atomic E-state index is -1.95. The second kappa shape index (κ2) is 36.6. The number of alkyl halides is 1. The molecule has 2 aliphatic carbocycles. The highest BCUT2D eigenvalue weighted by Gasteiger charge is 2.45. The number of aromatic nitrogens is 3. The number of phenolic OH excluding ortho intramolecular Hbond substituents is 1. The topological polar surface area (TPSA) is 403 Å². The molecule has 3 fully saturated rings. The summed E-state index contributed by atoms with van der Waals surface area (Å²) in [5, 5.41) is 37.2. The van der Waals surface area contributed by atoms with E-state index in [1.807, 2.05) is 24.3 Å². The van der Waals surface area contributed by atoms with Gasteiger partial charge in [0.1, 0.15) is 54.0 Å². The second-order valence-corrected chi connectivity index (χ2v) is 29.0. The lowest BCUT2D eigenvalue weighted by Crippen LogP contribution is -2.61. The maximum absolute atomic E-state index is 15.3. The van der Waals surface area contributed by atoms with Crippen LogP contribution in [0, 0.1) is 29.5 Å². The SMILES string of the molecule is CN1C(=O)[C@H](CC(=O)O)NC(=O)[C@H](CC2CCC3CCC(F)CC32)NC(=O)[C@H](Cc2c[nH]c3ccc(F)cc23)NC(=O)CNC(=O)[C@H](CCCCN)NC(=O)CCSCc2cccc(c2)CSC[C@@H](C(N)=O)CC(=O)[C@@H]2CCCN2C(=O)[C@H](Cc2ccc(O)cc2)NC(=O)[C@@H]1Cc1cnc[nH]1. The third-order valence-electron chi connectivity index (χ3n) is 19.6. The Morgan fingerprint density at radius 1 is 0.743 bits per heavy atom. The predicted octanol–water partition coefficient (Wildman–Crippen LogP) is 3.91. The van der Waals surface area contributed by atoms with Gasteiger partial charge in [0.2, 0.25) is 53.2 Å². The zero-order valence-corrected chi connectivity index (χ0v) is 58.1. The monoisotopic (exact) mass is 1440 g/mol. The number of thioether (sulfide) groups is 2. The molecule has 2 aromatic heterocycles. The van der Waals surface area contributed by atoms with Crippen LogP contribution in [0.25, 0.3) is 10.9 Å². The van der Waals surface area contributed by atoms with Crippen molar-refractivity contribution in [2.24, 2.45) is 35.1 Å². The number of primary amides is 1. The third kappa shape index (κ3) is 21.6. The highest BCUT2D eigenvalue weighted by molar-refractivity contribution is 7.98. The summed E-state index contributed by atoms with van der Waals surface area (Å²) in [4.78, 5) is 170. The summed E-state index contributed by atoms with van der Waals surface area (Å²) in [6.07, 6.45) is 4.94. The number of hydrogen-bond donors (Lipinski definition) is 12. The van der Waals surface area contributed by atoms with Crippen LogP contribution in [0.4, 0.5) is 8.78 Å². The number of nitrogens with zero attached hydrogens (tertiary/aromatic N) is 3. The molecule has 101 heavy (non-hydrogen) atoms. The summed E-state index contributed by atoms with van der Waals surface area (Å²) in [7, 11) is 1.21. The first-order valence-electron chi connectivity index (χ1n) is 34.5. The van der Waals surface area contributed by atoms with Gasteiger partial charge >= 0.3 is 5.97 Å². The fraction of sp³-hybridized carbons (Fsp3) is 0.521. The van der Waals surface area contributed by atoms with Gasteiger partial charge in [-0.2, -0.15) is 23.5 Å². The maximum Gasteiger partial charge on any atom is 0.305 e. The Labute approximate surface area is 592 Å². The molecular formula is C71H91F2N13O13S2. The van der Waals surface area contributed by atoms with Crippen LogP contribution in [0.5, 0.6) is 5.75 Å². The van der Waals surface area contributed by atoms with E-state index in [2.05, 4.69) is 46.9 Å². The number of aromatic hydroxyl groups is 1. The standard InChI is InChI=1S/C71H91F2N13O13S2/c1-85-60(31-49-34-76-39-79-49)69(97)84-57(25-40-10-17-50(87)18-11-40)71(99)86-22-5-9-59(86)61(88)28-46(65(75)93)38-101-37-42-7-4-6-41(24-42)36-100-23-20-62(89)80-54(8-2-3-21-74)66(94)78-35-63(90)81-55(27-45-33-77-53-19-16-48(73)30-52(45)53)67(95)82-56(68(96)83-58(70(85)98)32-64(91)92)26-44-13-12-43-14-15-47(72)29-51(43)44/h4,6-7,10-11,16-19,24,30,33-34,39,43-44,46-47,51,54-60,77,87H,2-3,5,8-9,12-15,20-23,25-29,31-32,35-38,74H2,1H3,(H2,75,93)(H,76,79)(H,78,94)(H,80,89)(H,81,90)(H,82,95)(H,83,96)(H,84,97)(H,91,92)/t43?,44?,46-,47?,51?,54-,55-,56-,57-,58-,59-,60-/m0/s1. The maximum atomic E-state index is 15.3. The van der Waals surface area contributed by atoms with Gasteiger partial charge in [-0.05, 0) is 148 Å². The molecule has 5 aromatic rings. The Balaban J connectivity index is 1.05. The molecule has 2 bridgehead atoms. The zero-order valence-electron chi connectivity index (χ0n) is 56.4. The lowest BCUT2D eigenvalue weighted by atomic mass is 9.75. The molecule has 30 heteroatoms. The van der Waals surface area contributed by atoms with Gasteiger partial charge in [0, 0.05) is 97.7 Å². The van der Waals surface area contributed by atoms with E-state index in [0.29, 0.717) is 96.5 Å². The lowest BCUT2D eigenvalue weighted by molar-refractivity contribution is -0.147. The second-order valence-electron chi connectivity index (χ2n) is 26.9. The van der Waals surface area contributed by atoms with Crippen LogP contribution in [-0.2, 0) is 83.5 Å². The first-order valence-corrected chi connectivity index (χ1v) is 36.8. The van der Waals surface area contributed by atoms with Crippen LogP contribution in [0.3, 0.4) is 0 Å². The van der Waals surface area contributed by atoms with Crippen molar-refractivity contribution in [2.75, 3.05) is 38.2 Å². The van der Waals surface area contributed by atoms with Crippen LogP contribution in [0.15, 0.2) is 85.5 Å². The van der Waals surface area contributed by atoms with E-state index in [4.69, 9.17) is 11.5 Å². The highest BCUT2D eigenvalue weighted by atomic mass is 32.2. The van der Waals surface area contributed by atoms with Crippen molar-refractivity contribution >= 4 is 99.3 Å². The van der Waals surface area contributed by atoms with Gasteiger partial charge in [-0.3, -0.25) is 52.7 Å². The van der Waals surface area contributed by atoms with Gasteiger partial charge in [-0.1, -0.05) is 36.4 Å². The molecule has 26 nitrogen and oxygen atoms in total. The number of fused-ring (bicyclic) bond motifs is 5. The van der Waals surface area contributed by atoms with Gasteiger partial charge in [-0.25, -0.2) is 13.8 Å². The lowest BCUT2D eigenvalue weighted by Gasteiger charge is -2.34. The molecule has 3 aromatic carbocycles. The van der Waals surface area contributed by atoms with E-state index in [9.17, 15) is 43.4 Å². The predicted molar refractivity (Wildman–Crippen MR) is 374 cm³/mol. The van der Waals surface area contributed by atoms with E-state index in [1.165, 1.54) is 96.7 Å². The first kappa shape index (κ1) is 76.3. The summed E-state index contributed by atoms with van der Waals surface area (Å²) in [6.45, 7) is -0.296. The number of carbonyl (C=O) groups excluding carboxylic acids is 10. The summed E-state index contributed by atoms with van der Waals surface area (Å²) in [5.74, 6) is -10.0. The molecule has 4 unspecified atom stereocenters. The first-order chi connectivity index (χ1) is 48.5. The van der Waals surface area contributed by atoms with E-state index in [-0.39, 0.29) is 93.6 Å². The minimum Gasteiger partial charge on any atom is -0.508 e. The third-order valence-corrected chi connectivity index (χ3v) is 21.9. The van der Waals surface area contributed by atoms with Crippen molar-refractivity contribution in [3.05, 3.63) is 119 Å². The summed E-state index contributed by atoms with van der Waals surface area (Å²) in [6, 6.07) is 7.28. The molecule has 14 N–H and O–H groups in total. The molecule has 9 rings (SSSR count). The molecule has 2 aliphatic heterocycles. The number of nitrogens with two attached hydrogens (primary N) is 2. The van der Waals surface area contributed by atoms with Crippen molar-refractivity contribution in [2.45, 2.75) is 169 Å². The van der Waals surface area contributed by atoms with Crippen LogP contribution in [0.1, 0.15) is 118 Å². The number of halogens is 2. The van der Waals surface area contributed by atoms with E-state index >= 15 is 28.4 Å². The number of phenols is 1. The van der Waals surface area contributed by atoms with Gasteiger partial charge in [-0.15, -0.1) is 0 Å². The number of amides is 9. The zero-order chi connectivity index (χ0) is 72.3.